The van der Waals surface area contributed by atoms with Gasteiger partial charge in [-0.25, -0.2) is 12.8 Å². The van der Waals surface area contributed by atoms with Gasteiger partial charge in [-0.3, -0.25) is 9.59 Å². The lowest BCUT2D eigenvalue weighted by atomic mass is 10.2. The van der Waals surface area contributed by atoms with Crippen molar-refractivity contribution in [3.63, 3.8) is 0 Å². The first-order chi connectivity index (χ1) is 11.8. The summed E-state index contributed by atoms with van der Waals surface area (Å²) in [6.45, 7) is 3.72. The van der Waals surface area contributed by atoms with Gasteiger partial charge < -0.3 is 10.1 Å². The number of esters is 1. The summed E-state index contributed by atoms with van der Waals surface area (Å²) in [5.41, 5.74) is 0. The van der Waals surface area contributed by atoms with Crippen LogP contribution < -0.4 is 5.32 Å². The topological polar surface area (TPSA) is 92.8 Å². The summed E-state index contributed by atoms with van der Waals surface area (Å²) in [6, 6.07) is 3.42. The molecule has 1 aromatic carbocycles. The van der Waals surface area contributed by atoms with Gasteiger partial charge in [0.2, 0.25) is 10.0 Å². The second-order valence-corrected chi connectivity index (χ2v) is 7.59. The highest BCUT2D eigenvalue weighted by Crippen LogP contribution is 2.27. The van der Waals surface area contributed by atoms with E-state index >= 15 is 0 Å². The average molecular weight is 372 g/mol. The number of hydrogen-bond acceptors (Lipinski definition) is 5. The molecular formula is C16H21FN2O5S. The molecule has 0 bridgehead atoms. The van der Waals surface area contributed by atoms with E-state index in [9.17, 15) is 22.4 Å². The van der Waals surface area contributed by atoms with E-state index in [0.717, 1.165) is 28.6 Å². The van der Waals surface area contributed by atoms with Crippen LogP contribution in [-0.2, 0) is 24.3 Å². The number of rotatable bonds is 6. The maximum absolute atomic E-state index is 13.0. The molecule has 1 fully saturated rings. The average Bonchev–Trinajstić information content (AvgIpc) is 3.06. The van der Waals surface area contributed by atoms with Gasteiger partial charge >= 0.3 is 5.97 Å². The van der Waals surface area contributed by atoms with Crippen LogP contribution in [0, 0.1) is 5.82 Å². The fraction of sp³-hybridized carbons (Fsp3) is 0.500. The van der Waals surface area contributed by atoms with Crippen LogP contribution in [0.3, 0.4) is 0 Å². The molecule has 9 heteroatoms. The molecule has 1 heterocycles. The maximum atomic E-state index is 13.0. The molecule has 25 heavy (non-hydrogen) atoms. The first kappa shape index (κ1) is 19.3. The molecule has 1 N–H and O–H groups in total. The molecule has 0 unspecified atom stereocenters. The molecule has 2 rings (SSSR count). The van der Waals surface area contributed by atoms with Crippen molar-refractivity contribution in [2.24, 2.45) is 0 Å². The summed E-state index contributed by atoms with van der Waals surface area (Å²) in [7, 11) is -3.95. The Bertz CT molecular complexity index is 735. The Balaban J connectivity index is 2.15. The van der Waals surface area contributed by atoms with Crippen molar-refractivity contribution in [3.05, 3.63) is 30.1 Å². The second-order valence-electron chi connectivity index (χ2n) is 5.70. The fourth-order valence-electron chi connectivity index (χ4n) is 2.63. The lowest BCUT2D eigenvalue weighted by Crippen LogP contribution is -2.44. The number of hydrogen-bond donors (Lipinski definition) is 1. The van der Waals surface area contributed by atoms with E-state index in [0.29, 0.717) is 19.4 Å². The number of nitrogens with one attached hydrogen (secondary N) is 1. The lowest BCUT2D eigenvalue weighted by Gasteiger charge is -2.24. The molecule has 2 atom stereocenters. The number of nitrogens with zero attached hydrogens (tertiary/aromatic N) is 1. The number of carbonyl (C=O) groups excluding carboxylic acids is 2. The van der Waals surface area contributed by atoms with Gasteiger partial charge in [-0.2, -0.15) is 4.31 Å². The van der Waals surface area contributed by atoms with Crippen molar-refractivity contribution in [1.29, 1.82) is 0 Å². The molecule has 0 spiro atoms. The molecule has 1 saturated heterocycles. The van der Waals surface area contributed by atoms with Crippen LogP contribution >= 0.6 is 0 Å². The largest absolute Gasteiger partial charge is 0.451 e. The summed E-state index contributed by atoms with van der Waals surface area (Å²) in [5.74, 6) is -1.75. The van der Waals surface area contributed by atoms with E-state index in [1.807, 2.05) is 0 Å². The molecule has 1 aliphatic rings. The van der Waals surface area contributed by atoms with Gasteiger partial charge in [-0.15, -0.1) is 0 Å². The van der Waals surface area contributed by atoms with Crippen LogP contribution in [0.25, 0.3) is 0 Å². The quantitative estimate of drug-likeness (QED) is 0.754. The molecule has 1 aliphatic heterocycles. The predicted molar refractivity (Wildman–Crippen MR) is 87.6 cm³/mol. The summed E-state index contributed by atoms with van der Waals surface area (Å²) in [4.78, 5) is 23.9. The predicted octanol–water partition coefficient (Wildman–Crippen LogP) is 1.05. The summed E-state index contributed by atoms with van der Waals surface area (Å²) in [5, 5.41) is 2.53. The van der Waals surface area contributed by atoms with Gasteiger partial charge in [-0.1, -0.05) is 0 Å². The molecule has 1 aromatic rings. The van der Waals surface area contributed by atoms with Crippen LogP contribution in [0.4, 0.5) is 4.39 Å². The van der Waals surface area contributed by atoms with Crippen molar-refractivity contribution < 1.29 is 27.1 Å². The summed E-state index contributed by atoms with van der Waals surface area (Å²) < 4.78 is 44.6. The minimum atomic E-state index is -3.95. The van der Waals surface area contributed by atoms with E-state index in [2.05, 4.69) is 5.32 Å². The smallest absolute Gasteiger partial charge is 0.325 e. The summed E-state index contributed by atoms with van der Waals surface area (Å²) in [6.07, 6.45) is -0.208. The molecule has 0 saturated carbocycles. The van der Waals surface area contributed by atoms with Gasteiger partial charge in [0.1, 0.15) is 11.9 Å². The number of carbonyl (C=O) groups is 2. The highest BCUT2D eigenvalue weighted by Gasteiger charge is 2.41. The van der Waals surface area contributed by atoms with Gasteiger partial charge in [0.25, 0.3) is 5.91 Å². The summed E-state index contributed by atoms with van der Waals surface area (Å²) >= 11 is 0. The normalized spacial score (nSPS) is 19.4. The van der Waals surface area contributed by atoms with Crippen LogP contribution in [-0.4, -0.2) is 49.8 Å². The van der Waals surface area contributed by atoms with E-state index in [1.165, 1.54) is 6.92 Å². The van der Waals surface area contributed by atoms with Gasteiger partial charge in [-0.05, 0) is 51.0 Å². The third kappa shape index (κ3) is 4.35. The molecule has 0 aromatic heterocycles. The Morgan fingerprint density at radius 2 is 2.00 bits per heavy atom. The van der Waals surface area contributed by atoms with Crippen molar-refractivity contribution >= 4 is 21.9 Å². The molecular weight excluding hydrogens is 351 g/mol. The third-order valence-corrected chi connectivity index (χ3v) is 5.83. The van der Waals surface area contributed by atoms with Crippen LogP contribution in [0.15, 0.2) is 29.2 Å². The Morgan fingerprint density at radius 3 is 2.60 bits per heavy atom. The van der Waals surface area contributed by atoms with E-state index in [1.54, 1.807) is 6.92 Å². The number of ether oxygens (including phenoxy) is 1. The zero-order valence-electron chi connectivity index (χ0n) is 14.1. The number of amides is 1. The Labute approximate surface area is 146 Å². The highest BCUT2D eigenvalue weighted by molar-refractivity contribution is 7.89. The number of benzene rings is 1. The standard InChI is InChI=1S/C16H21FN2O5S/c1-3-18-15(20)11(2)24-16(21)14-5-4-10-19(14)25(22,23)13-8-6-12(17)7-9-13/h6-9,11,14H,3-5,10H2,1-2H3,(H,18,20)/t11-,14+/m1/s1. The van der Waals surface area contributed by atoms with E-state index in [-0.39, 0.29) is 11.4 Å². The van der Waals surface area contributed by atoms with Crippen LogP contribution in [0.1, 0.15) is 26.7 Å². The van der Waals surface area contributed by atoms with Gasteiger partial charge in [0.15, 0.2) is 6.10 Å². The monoisotopic (exact) mass is 372 g/mol. The lowest BCUT2D eigenvalue weighted by molar-refractivity contribution is -0.157. The van der Waals surface area contributed by atoms with E-state index < -0.39 is 39.9 Å². The Hall–Kier alpha value is -2.00. The first-order valence-corrected chi connectivity index (χ1v) is 9.47. The van der Waals surface area contributed by atoms with Gasteiger partial charge in [0, 0.05) is 13.1 Å². The Kier molecular flexibility index (Phi) is 6.12. The van der Waals surface area contributed by atoms with Crippen molar-refractivity contribution in [3.8, 4) is 0 Å². The minimum Gasteiger partial charge on any atom is -0.451 e. The van der Waals surface area contributed by atoms with E-state index in [4.69, 9.17) is 4.74 Å². The number of sulfonamides is 1. The molecule has 7 nitrogen and oxygen atoms in total. The minimum absolute atomic E-state index is 0.0922. The molecule has 138 valence electrons. The molecule has 0 radical (unpaired) electrons. The van der Waals surface area contributed by atoms with Crippen LogP contribution in [0.2, 0.25) is 0 Å². The zero-order valence-corrected chi connectivity index (χ0v) is 14.9. The number of likely N-dealkylation sites (N-methyl/N-ethyl adjacent to an activating group) is 1. The highest BCUT2D eigenvalue weighted by atomic mass is 32.2. The SMILES string of the molecule is CCNC(=O)[C@@H](C)OC(=O)[C@@H]1CCCN1S(=O)(=O)c1ccc(F)cc1. The fourth-order valence-corrected chi connectivity index (χ4v) is 4.28. The first-order valence-electron chi connectivity index (χ1n) is 8.03. The van der Waals surface area contributed by atoms with Crippen molar-refractivity contribution in [1.82, 2.24) is 9.62 Å². The number of halogens is 1. The molecule has 1 amide bonds. The Morgan fingerprint density at radius 1 is 1.36 bits per heavy atom. The van der Waals surface area contributed by atoms with Crippen molar-refractivity contribution in [2.75, 3.05) is 13.1 Å². The van der Waals surface area contributed by atoms with Crippen LogP contribution in [0.5, 0.6) is 0 Å². The molecule has 0 aliphatic carbocycles. The second kappa shape index (κ2) is 7.92. The third-order valence-electron chi connectivity index (χ3n) is 3.91. The zero-order chi connectivity index (χ0) is 18.6. The van der Waals surface area contributed by atoms with Gasteiger partial charge in [0.05, 0.1) is 4.90 Å². The maximum Gasteiger partial charge on any atom is 0.325 e. The van der Waals surface area contributed by atoms with Crippen molar-refractivity contribution in [2.45, 2.75) is 43.7 Å².